The molecule has 0 amide bonds. The number of carbonyl (C=O) groups is 1. The molecule has 1 aromatic heterocycles. The topological polar surface area (TPSA) is 46.9 Å². The van der Waals surface area contributed by atoms with Crippen LogP contribution in [0.25, 0.3) is 0 Å². The molecule has 2 rings (SSSR count). The Morgan fingerprint density at radius 2 is 2.33 bits per heavy atom. The number of carbonyl (C=O) groups excluding carboxylic acids is 1. The van der Waals surface area contributed by atoms with E-state index in [9.17, 15) is 4.79 Å². The van der Waals surface area contributed by atoms with Crippen molar-refractivity contribution in [2.24, 2.45) is 18.9 Å². The van der Waals surface area contributed by atoms with Gasteiger partial charge in [-0.05, 0) is 60.1 Å². The molecule has 1 saturated heterocycles. The fraction of sp³-hybridized carbons (Fsp3) is 0.750. The summed E-state index contributed by atoms with van der Waals surface area (Å²) in [7, 11) is 1.92. The second kappa shape index (κ2) is 7.54. The SMILES string of the molecule is CCc1nn(C)c(CC(=O)CC(C)C2CCCNC2)c1Br. The molecule has 1 fully saturated rings. The highest BCUT2D eigenvalue weighted by Crippen LogP contribution is 2.25. The molecular weight excluding hydrogens is 330 g/mol. The van der Waals surface area contributed by atoms with Crippen molar-refractivity contribution in [3.63, 3.8) is 0 Å². The second-order valence-corrected chi connectivity index (χ2v) is 6.98. The summed E-state index contributed by atoms with van der Waals surface area (Å²) < 4.78 is 2.85. The van der Waals surface area contributed by atoms with Gasteiger partial charge in [-0.25, -0.2) is 0 Å². The summed E-state index contributed by atoms with van der Waals surface area (Å²) in [6.07, 6.45) is 4.51. The van der Waals surface area contributed by atoms with Gasteiger partial charge in [0.25, 0.3) is 0 Å². The monoisotopic (exact) mass is 355 g/mol. The Morgan fingerprint density at radius 1 is 1.57 bits per heavy atom. The van der Waals surface area contributed by atoms with Crippen LogP contribution < -0.4 is 5.32 Å². The number of hydrogen-bond donors (Lipinski definition) is 1. The molecule has 0 bridgehead atoms. The van der Waals surface area contributed by atoms with Gasteiger partial charge in [0.2, 0.25) is 0 Å². The highest BCUT2D eigenvalue weighted by Gasteiger charge is 2.23. The van der Waals surface area contributed by atoms with E-state index in [1.54, 1.807) is 0 Å². The zero-order chi connectivity index (χ0) is 15.4. The van der Waals surface area contributed by atoms with Crippen molar-refractivity contribution in [3.8, 4) is 0 Å². The highest BCUT2D eigenvalue weighted by atomic mass is 79.9. The van der Waals surface area contributed by atoms with E-state index in [0.717, 1.165) is 35.4 Å². The van der Waals surface area contributed by atoms with E-state index in [4.69, 9.17) is 0 Å². The number of rotatable bonds is 6. The van der Waals surface area contributed by atoms with Crippen LogP contribution in [-0.2, 0) is 24.7 Å². The molecule has 0 aliphatic carbocycles. The molecule has 4 nitrogen and oxygen atoms in total. The predicted molar refractivity (Wildman–Crippen MR) is 88.4 cm³/mol. The normalized spacial score (nSPS) is 20.5. The lowest BCUT2D eigenvalue weighted by atomic mass is 9.84. The summed E-state index contributed by atoms with van der Waals surface area (Å²) in [4.78, 5) is 12.4. The van der Waals surface area contributed by atoms with Crippen LogP contribution in [0.1, 0.15) is 44.5 Å². The van der Waals surface area contributed by atoms with Gasteiger partial charge in [-0.2, -0.15) is 5.10 Å². The standard InChI is InChI=1S/C16H26BrN3O/c1-4-14-16(17)15(20(3)19-14)9-13(21)8-11(2)12-6-5-7-18-10-12/h11-12,18H,4-10H2,1-3H3. The highest BCUT2D eigenvalue weighted by molar-refractivity contribution is 9.10. The minimum absolute atomic E-state index is 0.319. The van der Waals surface area contributed by atoms with Crippen molar-refractivity contribution in [2.75, 3.05) is 13.1 Å². The van der Waals surface area contributed by atoms with Gasteiger partial charge >= 0.3 is 0 Å². The number of nitrogens with one attached hydrogen (secondary N) is 1. The molecule has 0 spiro atoms. The molecule has 1 N–H and O–H groups in total. The van der Waals surface area contributed by atoms with Crippen LogP contribution in [0.3, 0.4) is 0 Å². The Balaban J connectivity index is 1.93. The van der Waals surface area contributed by atoms with Crippen molar-refractivity contribution in [1.82, 2.24) is 15.1 Å². The third kappa shape index (κ3) is 4.16. The van der Waals surface area contributed by atoms with Gasteiger partial charge in [0.1, 0.15) is 5.78 Å². The molecule has 2 unspecified atom stereocenters. The van der Waals surface area contributed by atoms with Crippen LogP contribution in [0.5, 0.6) is 0 Å². The Bertz CT molecular complexity index is 492. The molecule has 2 heterocycles. The average molecular weight is 356 g/mol. The summed E-state index contributed by atoms with van der Waals surface area (Å²) in [5.41, 5.74) is 2.04. The maximum atomic E-state index is 12.4. The molecular formula is C16H26BrN3O. The maximum Gasteiger partial charge on any atom is 0.139 e. The van der Waals surface area contributed by atoms with Crippen molar-refractivity contribution >= 4 is 21.7 Å². The van der Waals surface area contributed by atoms with Gasteiger partial charge < -0.3 is 5.32 Å². The van der Waals surface area contributed by atoms with E-state index in [1.807, 2.05) is 11.7 Å². The predicted octanol–water partition coefficient (Wildman–Crippen LogP) is 2.88. The van der Waals surface area contributed by atoms with Crippen molar-refractivity contribution in [2.45, 2.75) is 46.0 Å². The quantitative estimate of drug-likeness (QED) is 0.853. The minimum Gasteiger partial charge on any atom is -0.316 e. The molecule has 1 aliphatic heterocycles. The summed E-state index contributed by atoms with van der Waals surface area (Å²) in [6.45, 7) is 6.48. The van der Waals surface area contributed by atoms with Crippen LogP contribution in [0, 0.1) is 11.8 Å². The fourth-order valence-electron chi connectivity index (χ4n) is 3.16. The summed E-state index contributed by atoms with van der Waals surface area (Å²) in [5.74, 6) is 1.42. The number of Topliss-reactive ketones (excluding diaryl/α,β-unsaturated/α-hetero) is 1. The lowest BCUT2D eigenvalue weighted by Gasteiger charge is -2.28. The van der Waals surface area contributed by atoms with Crippen LogP contribution in [-0.4, -0.2) is 28.7 Å². The first-order valence-corrected chi connectivity index (χ1v) is 8.74. The van der Waals surface area contributed by atoms with Gasteiger partial charge in [0.15, 0.2) is 0 Å². The zero-order valence-corrected chi connectivity index (χ0v) is 14.9. The van der Waals surface area contributed by atoms with E-state index in [0.29, 0.717) is 30.5 Å². The van der Waals surface area contributed by atoms with E-state index in [1.165, 1.54) is 12.8 Å². The van der Waals surface area contributed by atoms with Gasteiger partial charge in [-0.1, -0.05) is 13.8 Å². The first kappa shape index (κ1) is 16.7. The smallest absolute Gasteiger partial charge is 0.139 e. The molecule has 5 heteroatoms. The van der Waals surface area contributed by atoms with E-state index in [2.05, 4.69) is 40.2 Å². The molecule has 0 radical (unpaired) electrons. The Morgan fingerprint density at radius 3 is 2.90 bits per heavy atom. The number of nitrogens with zero attached hydrogens (tertiary/aromatic N) is 2. The lowest BCUT2D eigenvalue weighted by Crippen LogP contribution is -2.34. The van der Waals surface area contributed by atoms with Gasteiger partial charge in [-0.3, -0.25) is 9.48 Å². The minimum atomic E-state index is 0.319. The number of aryl methyl sites for hydroxylation is 2. The van der Waals surface area contributed by atoms with Gasteiger partial charge in [0, 0.05) is 19.9 Å². The van der Waals surface area contributed by atoms with Gasteiger partial charge in [-0.15, -0.1) is 0 Å². The van der Waals surface area contributed by atoms with Crippen molar-refractivity contribution in [3.05, 3.63) is 15.9 Å². The zero-order valence-electron chi connectivity index (χ0n) is 13.3. The van der Waals surface area contributed by atoms with Crippen molar-refractivity contribution < 1.29 is 4.79 Å². The summed E-state index contributed by atoms with van der Waals surface area (Å²) >= 11 is 3.59. The van der Waals surface area contributed by atoms with Gasteiger partial charge in [0.05, 0.1) is 15.9 Å². The van der Waals surface area contributed by atoms with E-state index < -0.39 is 0 Å². The number of aromatic nitrogens is 2. The largest absolute Gasteiger partial charge is 0.316 e. The fourth-order valence-corrected chi connectivity index (χ4v) is 3.92. The van der Waals surface area contributed by atoms with E-state index >= 15 is 0 Å². The molecule has 118 valence electrons. The molecule has 1 aromatic rings. The van der Waals surface area contributed by atoms with E-state index in [-0.39, 0.29) is 0 Å². The van der Waals surface area contributed by atoms with Crippen LogP contribution in [0.4, 0.5) is 0 Å². The number of piperidine rings is 1. The molecule has 1 aliphatic rings. The third-order valence-electron chi connectivity index (χ3n) is 4.56. The van der Waals surface area contributed by atoms with Crippen LogP contribution in [0.15, 0.2) is 4.47 Å². The number of hydrogen-bond acceptors (Lipinski definition) is 3. The molecule has 2 atom stereocenters. The lowest BCUT2D eigenvalue weighted by molar-refractivity contribution is -0.119. The second-order valence-electron chi connectivity index (χ2n) is 6.19. The van der Waals surface area contributed by atoms with Crippen LogP contribution in [0.2, 0.25) is 0 Å². The number of ketones is 1. The van der Waals surface area contributed by atoms with Crippen molar-refractivity contribution in [1.29, 1.82) is 0 Å². The van der Waals surface area contributed by atoms with Crippen LogP contribution >= 0.6 is 15.9 Å². The third-order valence-corrected chi connectivity index (χ3v) is 5.47. The first-order valence-electron chi connectivity index (χ1n) is 7.95. The maximum absolute atomic E-state index is 12.4. The molecule has 0 saturated carbocycles. The molecule has 21 heavy (non-hydrogen) atoms. The first-order chi connectivity index (χ1) is 10.0. The Labute approximate surface area is 135 Å². The number of halogens is 1. The average Bonchev–Trinajstić information content (AvgIpc) is 2.75. The Hall–Kier alpha value is -0.680. The summed E-state index contributed by atoms with van der Waals surface area (Å²) in [5, 5.41) is 7.89. The Kier molecular flexibility index (Phi) is 5.99. The summed E-state index contributed by atoms with van der Waals surface area (Å²) in [6, 6.07) is 0. The molecule has 0 aromatic carbocycles.